The van der Waals surface area contributed by atoms with E-state index in [1.54, 1.807) is 0 Å². The maximum atomic E-state index is 11.3. The van der Waals surface area contributed by atoms with E-state index in [1.807, 2.05) is 13.8 Å². The van der Waals surface area contributed by atoms with Crippen LogP contribution in [0.2, 0.25) is 0 Å². The molecule has 0 aromatic heterocycles. The van der Waals surface area contributed by atoms with Crippen LogP contribution in [0.15, 0.2) is 0 Å². The first-order valence-electron chi connectivity index (χ1n) is 4.71. The first-order chi connectivity index (χ1) is 5.79. The first kappa shape index (κ1) is 10.7. The van der Waals surface area contributed by atoms with Gasteiger partial charge >= 0.3 is 0 Å². The van der Waals surface area contributed by atoms with Crippen molar-refractivity contribution in [2.24, 2.45) is 5.41 Å². The van der Waals surface area contributed by atoms with Crippen molar-refractivity contribution in [2.45, 2.75) is 51.7 Å². The van der Waals surface area contributed by atoms with E-state index in [9.17, 15) is 15.0 Å². The minimum atomic E-state index is -1.34. The molecule has 0 heterocycles. The van der Waals surface area contributed by atoms with Crippen LogP contribution in [0, 0.1) is 5.41 Å². The van der Waals surface area contributed by atoms with E-state index in [1.165, 1.54) is 6.92 Å². The van der Waals surface area contributed by atoms with Crippen LogP contribution in [0.3, 0.4) is 0 Å². The molecule has 0 radical (unpaired) electrons. The number of rotatable bonds is 1. The predicted octanol–water partition coefficient (Wildman–Crippen LogP) is 0.878. The zero-order valence-corrected chi connectivity index (χ0v) is 8.50. The van der Waals surface area contributed by atoms with E-state index in [2.05, 4.69) is 0 Å². The lowest BCUT2D eigenvalue weighted by molar-refractivity contribution is -0.164. The third-order valence-electron chi connectivity index (χ3n) is 3.34. The van der Waals surface area contributed by atoms with Gasteiger partial charge in [0.1, 0.15) is 5.60 Å². The Morgan fingerprint density at radius 3 is 2.38 bits per heavy atom. The molecule has 2 atom stereocenters. The lowest BCUT2D eigenvalue weighted by Gasteiger charge is -2.46. The van der Waals surface area contributed by atoms with Crippen molar-refractivity contribution in [2.75, 3.05) is 0 Å². The molecule has 0 spiro atoms. The highest BCUT2D eigenvalue weighted by atomic mass is 16.3. The van der Waals surface area contributed by atoms with Crippen molar-refractivity contribution in [1.82, 2.24) is 0 Å². The molecule has 0 aliphatic heterocycles. The van der Waals surface area contributed by atoms with Gasteiger partial charge in [-0.3, -0.25) is 4.79 Å². The Morgan fingerprint density at radius 1 is 1.46 bits per heavy atom. The second kappa shape index (κ2) is 3.07. The van der Waals surface area contributed by atoms with Crippen molar-refractivity contribution in [3.8, 4) is 0 Å². The molecule has 0 bridgehead atoms. The molecule has 3 heteroatoms. The molecule has 3 nitrogen and oxygen atoms in total. The topological polar surface area (TPSA) is 57.5 Å². The number of hydrogen-bond acceptors (Lipinski definition) is 3. The highest BCUT2D eigenvalue weighted by molar-refractivity contribution is 5.85. The average Bonchev–Trinajstić information content (AvgIpc) is 1.98. The van der Waals surface area contributed by atoms with Crippen molar-refractivity contribution in [3.63, 3.8) is 0 Å². The summed E-state index contributed by atoms with van der Waals surface area (Å²) in [5, 5.41) is 19.6. The van der Waals surface area contributed by atoms with Gasteiger partial charge in [-0.05, 0) is 19.8 Å². The van der Waals surface area contributed by atoms with Crippen molar-refractivity contribution in [3.05, 3.63) is 0 Å². The Hall–Kier alpha value is -0.410. The molecular formula is C10H18O3. The normalized spacial score (nSPS) is 38.7. The summed E-state index contributed by atoms with van der Waals surface area (Å²) in [4.78, 5) is 11.3. The van der Waals surface area contributed by atoms with Crippen LogP contribution < -0.4 is 0 Å². The van der Waals surface area contributed by atoms with E-state index >= 15 is 0 Å². The standard InChI is InChI=1S/C10H18O3/c1-7(11)10(13)6-8(12)4-5-9(10,2)3/h8,12-13H,4-6H2,1-3H3/t8-,10-/m0/s1. The molecule has 2 N–H and O–H groups in total. The van der Waals surface area contributed by atoms with Gasteiger partial charge in [-0.1, -0.05) is 13.8 Å². The molecule has 0 aromatic rings. The monoisotopic (exact) mass is 186 g/mol. The van der Waals surface area contributed by atoms with E-state index in [0.717, 1.165) is 0 Å². The van der Waals surface area contributed by atoms with E-state index in [-0.39, 0.29) is 12.2 Å². The van der Waals surface area contributed by atoms with Gasteiger partial charge in [-0.25, -0.2) is 0 Å². The summed E-state index contributed by atoms with van der Waals surface area (Å²) in [6, 6.07) is 0. The Kier molecular flexibility index (Phi) is 2.52. The fourth-order valence-corrected chi connectivity index (χ4v) is 2.07. The van der Waals surface area contributed by atoms with Crippen LogP contribution in [-0.4, -0.2) is 27.7 Å². The number of carbonyl (C=O) groups excluding carboxylic acids is 1. The van der Waals surface area contributed by atoms with Gasteiger partial charge in [0.25, 0.3) is 0 Å². The fourth-order valence-electron chi connectivity index (χ4n) is 2.07. The maximum Gasteiger partial charge on any atom is 0.161 e. The average molecular weight is 186 g/mol. The van der Waals surface area contributed by atoms with Gasteiger partial charge in [0, 0.05) is 11.8 Å². The quantitative estimate of drug-likeness (QED) is 0.639. The lowest BCUT2D eigenvalue weighted by atomic mass is 9.63. The number of aliphatic hydroxyl groups is 2. The summed E-state index contributed by atoms with van der Waals surface area (Å²) in [6.45, 7) is 5.14. The summed E-state index contributed by atoms with van der Waals surface area (Å²) in [5.74, 6) is -0.240. The number of hydrogen-bond donors (Lipinski definition) is 2. The summed E-state index contributed by atoms with van der Waals surface area (Å²) >= 11 is 0. The second-order valence-corrected chi connectivity index (χ2v) is 4.70. The van der Waals surface area contributed by atoms with Crippen LogP contribution in [0.25, 0.3) is 0 Å². The van der Waals surface area contributed by atoms with Crippen molar-refractivity contribution in [1.29, 1.82) is 0 Å². The Bertz CT molecular complexity index is 222. The second-order valence-electron chi connectivity index (χ2n) is 4.70. The lowest BCUT2D eigenvalue weighted by Crippen LogP contribution is -2.55. The van der Waals surface area contributed by atoms with Gasteiger partial charge in [0.05, 0.1) is 6.10 Å². The van der Waals surface area contributed by atoms with Crippen LogP contribution >= 0.6 is 0 Å². The van der Waals surface area contributed by atoms with Gasteiger partial charge in [-0.15, -0.1) is 0 Å². The molecule has 0 unspecified atom stereocenters. The molecule has 0 amide bonds. The highest BCUT2D eigenvalue weighted by Crippen LogP contribution is 2.44. The molecule has 13 heavy (non-hydrogen) atoms. The van der Waals surface area contributed by atoms with Crippen LogP contribution in [0.4, 0.5) is 0 Å². The van der Waals surface area contributed by atoms with Gasteiger partial charge < -0.3 is 10.2 Å². The summed E-state index contributed by atoms with van der Waals surface area (Å²) in [7, 11) is 0. The molecule has 1 saturated carbocycles. The van der Waals surface area contributed by atoms with Gasteiger partial charge in [-0.2, -0.15) is 0 Å². The number of ketones is 1. The minimum Gasteiger partial charge on any atom is -0.393 e. The van der Waals surface area contributed by atoms with Crippen LogP contribution in [0.5, 0.6) is 0 Å². The van der Waals surface area contributed by atoms with Crippen molar-refractivity contribution < 1.29 is 15.0 Å². The smallest absolute Gasteiger partial charge is 0.161 e. The Morgan fingerprint density at radius 2 is 2.00 bits per heavy atom. The first-order valence-corrected chi connectivity index (χ1v) is 4.71. The van der Waals surface area contributed by atoms with Crippen LogP contribution in [0.1, 0.15) is 40.0 Å². The summed E-state index contributed by atoms with van der Waals surface area (Å²) in [6.07, 6.45) is 0.990. The van der Waals surface area contributed by atoms with Gasteiger partial charge in [0.15, 0.2) is 5.78 Å². The summed E-state index contributed by atoms with van der Waals surface area (Å²) in [5.41, 5.74) is -1.76. The Balaban J connectivity index is 2.95. The molecule has 76 valence electrons. The SMILES string of the molecule is CC(=O)[C@@]1(O)C[C@@H](O)CCC1(C)C. The highest BCUT2D eigenvalue weighted by Gasteiger charge is 2.51. The van der Waals surface area contributed by atoms with Gasteiger partial charge in [0.2, 0.25) is 0 Å². The molecule has 0 aromatic carbocycles. The largest absolute Gasteiger partial charge is 0.393 e. The molecule has 0 saturated heterocycles. The predicted molar refractivity (Wildman–Crippen MR) is 49.3 cm³/mol. The zero-order valence-electron chi connectivity index (χ0n) is 8.50. The maximum absolute atomic E-state index is 11.3. The molecular weight excluding hydrogens is 168 g/mol. The van der Waals surface area contributed by atoms with Crippen LogP contribution in [-0.2, 0) is 4.79 Å². The number of aliphatic hydroxyl groups excluding tert-OH is 1. The van der Waals surface area contributed by atoms with E-state index in [0.29, 0.717) is 12.8 Å². The number of carbonyl (C=O) groups is 1. The van der Waals surface area contributed by atoms with E-state index < -0.39 is 17.1 Å². The third-order valence-corrected chi connectivity index (χ3v) is 3.34. The minimum absolute atomic E-state index is 0.176. The Labute approximate surface area is 78.8 Å². The molecule has 1 rings (SSSR count). The zero-order chi connectivity index (χ0) is 10.3. The molecule has 1 aliphatic carbocycles. The third kappa shape index (κ3) is 1.63. The van der Waals surface area contributed by atoms with E-state index in [4.69, 9.17) is 0 Å². The molecule has 1 aliphatic rings. The number of Topliss-reactive ketones (excluding diaryl/α,β-unsaturated/α-hetero) is 1. The van der Waals surface area contributed by atoms with Crippen molar-refractivity contribution >= 4 is 5.78 Å². The molecule has 1 fully saturated rings. The summed E-state index contributed by atoms with van der Waals surface area (Å²) < 4.78 is 0. The fraction of sp³-hybridized carbons (Fsp3) is 0.900.